The van der Waals surface area contributed by atoms with Gasteiger partial charge in [-0.1, -0.05) is 36.4 Å². The topological polar surface area (TPSA) is 0 Å². The van der Waals surface area contributed by atoms with Crippen molar-refractivity contribution < 1.29 is 0 Å². The minimum atomic E-state index is 1.17. The Morgan fingerprint density at radius 3 is 2.72 bits per heavy atom. The molecule has 0 aromatic heterocycles. The highest BCUT2D eigenvalue weighted by molar-refractivity contribution is 6.01. The molecule has 0 aliphatic heterocycles. The van der Waals surface area contributed by atoms with E-state index < -0.39 is 0 Å². The van der Waals surface area contributed by atoms with E-state index >= 15 is 0 Å². The number of fused-ring (bicyclic) bond motifs is 2. The van der Waals surface area contributed by atoms with Crippen molar-refractivity contribution in [2.75, 3.05) is 0 Å². The predicted octanol–water partition coefficient (Wildman–Crippen LogP) is 4.91. The summed E-state index contributed by atoms with van der Waals surface area (Å²) in [6.07, 6.45) is 14.6. The minimum absolute atomic E-state index is 1.17. The fraction of sp³-hybridized carbons (Fsp3) is 0.333. The Kier molecular flexibility index (Phi) is 2.29. The monoisotopic (exact) mass is 234 g/mol. The van der Waals surface area contributed by atoms with Crippen LogP contribution in [0.4, 0.5) is 0 Å². The van der Waals surface area contributed by atoms with E-state index in [-0.39, 0.29) is 0 Å². The van der Waals surface area contributed by atoms with E-state index in [2.05, 4.69) is 36.4 Å². The van der Waals surface area contributed by atoms with Crippen molar-refractivity contribution in [3.05, 3.63) is 58.7 Å². The molecule has 0 saturated heterocycles. The molecule has 18 heavy (non-hydrogen) atoms. The first-order valence-corrected chi connectivity index (χ1v) is 7.17. The molecule has 0 spiro atoms. The highest BCUT2D eigenvalue weighted by atomic mass is 14.3. The van der Waals surface area contributed by atoms with Gasteiger partial charge in [-0.25, -0.2) is 0 Å². The average molecular weight is 234 g/mol. The SMILES string of the molecule is C1=C\CCc2cccc3c2\C(=C/1)C1=C3CCCC1. The van der Waals surface area contributed by atoms with Crippen molar-refractivity contribution in [2.24, 2.45) is 0 Å². The van der Waals surface area contributed by atoms with Crippen LogP contribution in [0.1, 0.15) is 48.8 Å². The normalized spacial score (nSPS) is 25.7. The summed E-state index contributed by atoms with van der Waals surface area (Å²) in [6.45, 7) is 0. The highest BCUT2D eigenvalue weighted by Crippen LogP contribution is 2.49. The summed E-state index contributed by atoms with van der Waals surface area (Å²) < 4.78 is 0. The molecule has 4 rings (SSSR count). The average Bonchev–Trinajstić information content (AvgIpc) is 2.70. The standard InChI is InChI=1S/C18H18/c1-2-7-13-8-6-12-17-15-10-5-4-9-14(15)16(11-3-1)18(13)17/h1,3,6,8,11-12H,2,4-5,7,9-10H2/b3-1-,16-11-. The third-order valence-electron chi connectivity index (χ3n) is 4.52. The minimum Gasteiger partial charge on any atom is -0.0842 e. The first-order chi connectivity index (χ1) is 8.95. The summed E-state index contributed by atoms with van der Waals surface area (Å²) in [4.78, 5) is 0. The number of aryl methyl sites for hydroxylation is 1. The first kappa shape index (κ1) is 10.4. The van der Waals surface area contributed by atoms with Gasteiger partial charge in [-0.15, -0.1) is 0 Å². The highest BCUT2D eigenvalue weighted by Gasteiger charge is 2.29. The molecule has 0 unspecified atom stereocenters. The molecule has 0 radical (unpaired) electrons. The molecule has 0 bridgehead atoms. The van der Waals surface area contributed by atoms with Crippen molar-refractivity contribution in [3.8, 4) is 0 Å². The van der Waals surface area contributed by atoms with Gasteiger partial charge in [0.25, 0.3) is 0 Å². The Balaban J connectivity index is 2.01. The molecular formula is C18H18. The molecule has 0 heterocycles. The van der Waals surface area contributed by atoms with Gasteiger partial charge in [0.15, 0.2) is 0 Å². The Morgan fingerprint density at radius 2 is 1.78 bits per heavy atom. The van der Waals surface area contributed by atoms with Gasteiger partial charge in [0, 0.05) is 0 Å². The van der Waals surface area contributed by atoms with Crippen LogP contribution >= 0.6 is 0 Å². The molecule has 90 valence electrons. The molecule has 0 N–H and O–H groups in total. The van der Waals surface area contributed by atoms with Gasteiger partial charge in [0.05, 0.1) is 0 Å². The first-order valence-electron chi connectivity index (χ1n) is 7.17. The molecule has 1 aromatic rings. The second-order valence-corrected chi connectivity index (χ2v) is 5.55. The number of hydrogen-bond donors (Lipinski definition) is 0. The number of rotatable bonds is 0. The van der Waals surface area contributed by atoms with Crippen LogP contribution in [0.3, 0.4) is 0 Å². The van der Waals surface area contributed by atoms with Crippen LogP contribution in [0.15, 0.2) is 42.0 Å². The fourth-order valence-electron chi connectivity index (χ4n) is 3.71. The summed E-state index contributed by atoms with van der Waals surface area (Å²) in [7, 11) is 0. The largest absolute Gasteiger partial charge is 0.0842 e. The Morgan fingerprint density at radius 1 is 0.889 bits per heavy atom. The van der Waals surface area contributed by atoms with Gasteiger partial charge in [-0.3, -0.25) is 0 Å². The van der Waals surface area contributed by atoms with Gasteiger partial charge < -0.3 is 0 Å². The number of hydrogen-bond acceptors (Lipinski definition) is 0. The molecule has 0 saturated carbocycles. The van der Waals surface area contributed by atoms with E-state index in [1.807, 2.05) is 0 Å². The van der Waals surface area contributed by atoms with Crippen LogP contribution in [0.5, 0.6) is 0 Å². The van der Waals surface area contributed by atoms with Gasteiger partial charge in [0.2, 0.25) is 0 Å². The summed E-state index contributed by atoms with van der Waals surface area (Å²) >= 11 is 0. The van der Waals surface area contributed by atoms with Gasteiger partial charge in [0.1, 0.15) is 0 Å². The van der Waals surface area contributed by atoms with Crippen LogP contribution in [0.25, 0.3) is 11.1 Å². The van der Waals surface area contributed by atoms with E-state index in [4.69, 9.17) is 0 Å². The lowest BCUT2D eigenvalue weighted by Gasteiger charge is -2.15. The lowest BCUT2D eigenvalue weighted by molar-refractivity contribution is 0.730. The zero-order valence-corrected chi connectivity index (χ0v) is 10.7. The quantitative estimate of drug-likeness (QED) is 0.598. The molecule has 0 nitrogen and oxygen atoms in total. The van der Waals surface area contributed by atoms with Crippen molar-refractivity contribution in [2.45, 2.75) is 38.5 Å². The molecule has 3 aliphatic carbocycles. The van der Waals surface area contributed by atoms with Gasteiger partial charge in [-0.2, -0.15) is 0 Å². The van der Waals surface area contributed by atoms with E-state index in [9.17, 15) is 0 Å². The second kappa shape index (κ2) is 3.98. The fourth-order valence-corrected chi connectivity index (χ4v) is 3.71. The molecule has 0 fully saturated rings. The van der Waals surface area contributed by atoms with Crippen molar-refractivity contribution in [3.63, 3.8) is 0 Å². The van der Waals surface area contributed by atoms with Gasteiger partial charge in [-0.05, 0) is 71.9 Å². The maximum absolute atomic E-state index is 2.36. The maximum atomic E-state index is 2.36. The molecule has 0 heteroatoms. The molecular weight excluding hydrogens is 216 g/mol. The Bertz CT molecular complexity index is 596. The maximum Gasteiger partial charge on any atom is -0.00735 e. The Labute approximate surface area is 109 Å². The predicted molar refractivity (Wildman–Crippen MR) is 77.3 cm³/mol. The third-order valence-corrected chi connectivity index (χ3v) is 4.52. The van der Waals surface area contributed by atoms with E-state index in [0.29, 0.717) is 0 Å². The smallest absolute Gasteiger partial charge is 0.00735 e. The molecule has 3 aliphatic rings. The summed E-state index contributed by atoms with van der Waals surface area (Å²) in [5, 5.41) is 0. The van der Waals surface area contributed by atoms with Crippen molar-refractivity contribution >= 4 is 11.1 Å². The van der Waals surface area contributed by atoms with Crippen molar-refractivity contribution in [1.82, 2.24) is 0 Å². The molecule has 0 amide bonds. The van der Waals surface area contributed by atoms with Crippen LogP contribution < -0.4 is 0 Å². The molecule has 0 atom stereocenters. The van der Waals surface area contributed by atoms with Crippen molar-refractivity contribution in [1.29, 1.82) is 0 Å². The lowest BCUT2D eigenvalue weighted by Crippen LogP contribution is -1.95. The second-order valence-electron chi connectivity index (χ2n) is 5.55. The van der Waals surface area contributed by atoms with Crippen LogP contribution in [-0.4, -0.2) is 0 Å². The van der Waals surface area contributed by atoms with E-state index in [0.717, 1.165) is 0 Å². The van der Waals surface area contributed by atoms with Crippen LogP contribution in [0.2, 0.25) is 0 Å². The lowest BCUT2D eigenvalue weighted by atomic mass is 9.90. The van der Waals surface area contributed by atoms with E-state index in [1.165, 1.54) is 44.1 Å². The molecule has 1 aromatic carbocycles. The van der Waals surface area contributed by atoms with Crippen LogP contribution in [-0.2, 0) is 6.42 Å². The van der Waals surface area contributed by atoms with E-state index in [1.54, 1.807) is 27.8 Å². The Hall–Kier alpha value is -1.56. The summed E-state index contributed by atoms with van der Waals surface area (Å²) in [5.74, 6) is 0. The third kappa shape index (κ3) is 1.38. The van der Waals surface area contributed by atoms with Gasteiger partial charge >= 0.3 is 0 Å². The van der Waals surface area contributed by atoms with Crippen LogP contribution in [0, 0.1) is 0 Å². The zero-order valence-electron chi connectivity index (χ0n) is 10.7. The summed E-state index contributed by atoms with van der Waals surface area (Å²) in [6, 6.07) is 6.91. The number of allylic oxidation sites excluding steroid dienone is 6. The summed E-state index contributed by atoms with van der Waals surface area (Å²) in [5.41, 5.74) is 9.50. The zero-order chi connectivity index (χ0) is 11.9. The number of benzene rings is 1.